The summed E-state index contributed by atoms with van der Waals surface area (Å²) in [4.78, 5) is 19.2. The van der Waals surface area contributed by atoms with Gasteiger partial charge in [-0.3, -0.25) is 0 Å². The van der Waals surface area contributed by atoms with Crippen LogP contribution in [-0.2, 0) is 0 Å². The first-order valence-corrected chi connectivity index (χ1v) is 4.40. The third-order valence-corrected chi connectivity index (χ3v) is 1.71. The Morgan fingerprint density at radius 1 is 1.00 bits per heavy atom. The van der Waals surface area contributed by atoms with Crippen molar-refractivity contribution in [2.24, 2.45) is 0 Å². The van der Waals surface area contributed by atoms with Gasteiger partial charge in [0.2, 0.25) is 5.88 Å². The van der Waals surface area contributed by atoms with Crippen LogP contribution in [-0.4, -0.2) is 67.3 Å². The van der Waals surface area contributed by atoms with Crippen LogP contribution in [0.25, 0.3) is 0 Å². The SMILES string of the molecule is O=C(Oc1ccccn1)c1ccccn1.[KH]. The molecule has 0 saturated carbocycles. The van der Waals surface area contributed by atoms with Crippen molar-refractivity contribution in [1.82, 2.24) is 9.97 Å². The van der Waals surface area contributed by atoms with Crippen molar-refractivity contribution in [2.45, 2.75) is 0 Å². The Bertz CT molecular complexity index is 448. The number of pyridine rings is 2. The van der Waals surface area contributed by atoms with Gasteiger partial charge < -0.3 is 4.74 Å². The number of hydrogen-bond acceptors (Lipinski definition) is 4. The maximum absolute atomic E-state index is 11.5. The number of carbonyl (C=O) groups is 1. The van der Waals surface area contributed by atoms with E-state index in [0.29, 0.717) is 0 Å². The van der Waals surface area contributed by atoms with Crippen LogP contribution in [0.3, 0.4) is 0 Å². The average molecular weight is 240 g/mol. The molecule has 76 valence electrons. The summed E-state index contributed by atoms with van der Waals surface area (Å²) < 4.78 is 4.99. The van der Waals surface area contributed by atoms with Crippen molar-refractivity contribution in [3.63, 3.8) is 0 Å². The van der Waals surface area contributed by atoms with Gasteiger partial charge in [0.25, 0.3) is 0 Å². The summed E-state index contributed by atoms with van der Waals surface area (Å²) in [5.41, 5.74) is 0.267. The minimum absolute atomic E-state index is 0. The second-order valence-electron chi connectivity index (χ2n) is 2.77. The van der Waals surface area contributed by atoms with Crippen molar-refractivity contribution in [3.8, 4) is 5.88 Å². The van der Waals surface area contributed by atoms with Crippen molar-refractivity contribution >= 4 is 57.4 Å². The Morgan fingerprint density at radius 3 is 2.25 bits per heavy atom. The standard InChI is InChI=1S/C11H8N2O2.K.H/c14-11(9-5-1-3-7-12-9)15-10-6-2-4-8-13-10;;/h1-8H;;. The molecule has 5 heteroatoms. The molecule has 0 aliphatic rings. The molecular weight excluding hydrogens is 231 g/mol. The van der Waals surface area contributed by atoms with Crippen molar-refractivity contribution < 1.29 is 9.53 Å². The van der Waals surface area contributed by atoms with Gasteiger partial charge in [-0.2, -0.15) is 0 Å². The molecule has 0 aromatic carbocycles. The number of ether oxygens (including phenoxy) is 1. The van der Waals surface area contributed by atoms with Crippen LogP contribution in [0.15, 0.2) is 48.8 Å². The Balaban J connectivity index is 0.00000128. The van der Waals surface area contributed by atoms with Crippen LogP contribution < -0.4 is 4.74 Å². The van der Waals surface area contributed by atoms with Gasteiger partial charge in [0.05, 0.1) is 0 Å². The van der Waals surface area contributed by atoms with E-state index in [4.69, 9.17) is 4.74 Å². The zero-order chi connectivity index (χ0) is 10.5. The molecular formula is C11H9KN2O2. The average Bonchev–Trinajstić information content (AvgIpc) is 2.31. The zero-order valence-corrected chi connectivity index (χ0v) is 7.83. The second-order valence-corrected chi connectivity index (χ2v) is 2.77. The number of nitrogens with zero attached hydrogens (tertiary/aromatic N) is 2. The van der Waals surface area contributed by atoms with Gasteiger partial charge in [-0.25, -0.2) is 14.8 Å². The molecule has 2 aromatic heterocycles. The molecule has 0 unspecified atom stereocenters. The van der Waals surface area contributed by atoms with E-state index in [-0.39, 0.29) is 63.0 Å². The van der Waals surface area contributed by atoms with Crippen LogP contribution in [0.4, 0.5) is 0 Å². The van der Waals surface area contributed by atoms with Crippen molar-refractivity contribution in [1.29, 1.82) is 0 Å². The van der Waals surface area contributed by atoms with Gasteiger partial charge in [-0.15, -0.1) is 0 Å². The van der Waals surface area contributed by atoms with E-state index in [9.17, 15) is 4.79 Å². The molecule has 2 heterocycles. The number of hydrogen-bond donors (Lipinski definition) is 0. The normalized spacial score (nSPS) is 9.00. The monoisotopic (exact) mass is 240 g/mol. The molecule has 0 atom stereocenters. The molecule has 0 amide bonds. The van der Waals surface area contributed by atoms with Crippen molar-refractivity contribution in [3.05, 3.63) is 54.5 Å². The van der Waals surface area contributed by atoms with Gasteiger partial charge in [-0.1, -0.05) is 12.1 Å². The number of esters is 1. The third kappa shape index (κ3) is 3.77. The molecule has 2 rings (SSSR count). The molecule has 0 N–H and O–H groups in total. The molecule has 0 bridgehead atoms. The first kappa shape index (κ1) is 13.5. The van der Waals surface area contributed by atoms with Crippen molar-refractivity contribution in [2.75, 3.05) is 0 Å². The van der Waals surface area contributed by atoms with Gasteiger partial charge in [-0.05, 0) is 18.2 Å². The van der Waals surface area contributed by atoms with Crippen LogP contribution in [0, 0.1) is 0 Å². The van der Waals surface area contributed by atoms with Gasteiger partial charge in [0.1, 0.15) is 5.69 Å². The van der Waals surface area contributed by atoms with Crippen LogP contribution in [0.5, 0.6) is 5.88 Å². The number of carbonyl (C=O) groups excluding carboxylic acids is 1. The quantitative estimate of drug-likeness (QED) is 0.581. The summed E-state index contributed by atoms with van der Waals surface area (Å²) in [6.45, 7) is 0. The summed E-state index contributed by atoms with van der Waals surface area (Å²) in [5.74, 6) is -0.234. The van der Waals surface area contributed by atoms with E-state index < -0.39 is 5.97 Å². The minimum atomic E-state index is -0.505. The number of rotatable bonds is 2. The van der Waals surface area contributed by atoms with Gasteiger partial charge in [0.15, 0.2) is 0 Å². The molecule has 0 spiro atoms. The van der Waals surface area contributed by atoms with Crippen LogP contribution >= 0.6 is 0 Å². The van der Waals surface area contributed by atoms with E-state index in [0.717, 1.165) is 0 Å². The maximum atomic E-state index is 11.5. The fourth-order valence-electron chi connectivity index (χ4n) is 1.04. The summed E-state index contributed by atoms with van der Waals surface area (Å²) in [7, 11) is 0. The summed E-state index contributed by atoms with van der Waals surface area (Å²) in [6.07, 6.45) is 3.09. The second kappa shape index (κ2) is 6.88. The molecule has 0 fully saturated rings. The first-order valence-electron chi connectivity index (χ1n) is 4.40. The van der Waals surface area contributed by atoms with Crippen LogP contribution in [0.1, 0.15) is 10.5 Å². The molecule has 0 aliphatic heterocycles. The molecule has 16 heavy (non-hydrogen) atoms. The fraction of sp³-hybridized carbons (Fsp3) is 0. The molecule has 4 nitrogen and oxygen atoms in total. The zero-order valence-electron chi connectivity index (χ0n) is 7.83. The van der Waals surface area contributed by atoms with E-state index in [2.05, 4.69) is 9.97 Å². The van der Waals surface area contributed by atoms with E-state index in [1.165, 1.54) is 6.20 Å². The molecule has 0 saturated heterocycles. The molecule has 0 aliphatic carbocycles. The topological polar surface area (TPSA) is 52.1 Å². The first-order chi connectivity index (χ1) is 7.36. The summed E-state index contributed by atoms with van der Waals surface area (Å²) >= 11 is 0. The number of aromatic nitrogens is 2. The Hall–Kier alpha value is -0.594. The Labute approximate surface area is 135 Å². The fourth-order valence-corrected chi connectivity index (χ4v) is 1.04. The molecule has 2 aromatic rings. The van der Waals surface area contributed by atoms with Gasteiger partial charge in [0, 0.05) is 18.5 Å². The van der Waals surface area contributed by atoms with Crippen LogP contribution in [0.2, 0.25) is 0 Å². The summed E-state index contributed by atoms with van der Waals surface area (Å²) in [5, 5.41) is 0. The predicted molar refractivity (Wildman–Crippen MR) is 60.6 cm³/mol. The van der Waals surface area contributed by atoms with E-state index >= 15 is 0 Å². The predicted octanol–water partition coefficient (Wildman–Crippen LogP) is 1.05. The van der Waals surface area contributed by atoms with E-state index in [1.54, 1.807) is 42.6 Å². The summed E-state index contributed by atoms with van der Waals surface area (Å²) in [6, 6.07) is 10.2. The van der Waals surface area contributed by atoms with E-state index in [1.807, 2.05) is 0 Å². The third-order valence-electron chi connectivity index (χ3n) is 1.71. The Kier molecular flexibility index (Phi) is 5.79. The molecule has 0 radical (unpaired) electrons. The Morgan fingerprint density at radius 2 is 1.69 bits per heavy atom. The van der Waals surface area contributed by atoms with Gasteiger partial charge >= 0.3 is 57.4 Å².